The number of amides is 1. The summed E-state index contributed by atoms with van der Waals surface area (Å²) in [6.07, 6.45) is 0. The first-order valence-electron chi connectivity index (χ1n) is 7.91. The predicted octanol–water partition coefficient (Wildman–Crippen LogP) is 3.97. The van der Waals surface area contributed by atoms with Crippen molar-refractivity contribution < 1.29 is 4.79 Å². The Morgan fingerprint density at radius 2 is 1.92 bits per heavy atom. The fourth-order valence-corrected chi connectivity index (χ4v) is 3.62. The number of carbonyl (C=O) groups is 1. The first kappa shape index (κ1) is 16.8. The van der Waals surface area contributed by atoms with E-state index in [0.29, 0.717) is 21.4 Å². The Hall–Kier alpha value is -2.64. The van der Waals surface area contributed by atoms with Gasteiger partial charge in [-0.1, -0.05) is 47.6 Å². The van der Waals surface area contributed by atoms with Crippen molar-refractivity contribution in [2.24, 2.45) is 0 Å². The predicted molar refractivity (Wildman–Crippen MR) is 104 cm³/mol. The molecule has 1 N–H and O–H groups in total. The molecule has 26 heavy (non-hydrogen) atoms. The monoisotopic (exact) mass is 383 g/mol. The minimum atomic E-state index is -0.160. The third-order valence-electron chi connectivity index (χ3n) is 3.85. The van der Waals surface area contributed by atoms with Gasteiger partial charge in [-0.15, -0.1) is 10.2 Å². The summed E-state index contributed by atoms with van der Waals surface area (Å²) in [7, 11) is 0. The Labute approximate surface area is 158 Å². The molecule has 0 unspecified atom stereocenters. The van der Waals surface area contributed by atoms with E-state index in [2.05, 4.69) is 20.5 Å². The maximum atomic E-state index is 12.3. The van der Waals surface area contributed by atoms with Crippen molar-refractivity contribution in [3.63, 3.8) is 0 Å². The number of halogens is 1. The van der Waals surface area contributed by atoms with E-state index in [1.807, 2.05) is 47.7 Å². The highest BCUT2D eigenvalue weighted by molar-refractivity contribution is 8.00. The lowest BCUT2D eigenvalue weighted by Crippen LogP contribution is -2.14. The lowest BCUT2D eigenvalue weighted by atomic mass is 10.3. The second kappa shape index (κ2) is 6.93. The van der Waals surface area contributed by atoms with Gasteiger partial charge in [0, 0.05) is 0 Å². The molecule has 2 aromatic carbocycles. The van der Waals surface area contributed by atoms with Crippen LogP contribution in [0.2, 0.25) is 5.02 Å². The number of hydrogen-bond acceptors (Lipinski definition) is 5. The van der Waals surface area contributed by atoms with E-state index in [9.17, 15) is 4.79 Å². The molecule has 0 saturated heterocycles. The van der Waals surface area contributed by atoms with Crippen LogP contribution >= 0.6 is 23.4 Å². The highest BCUT2D eigenvalue weighted by Gasteiger charge is 2.15. The van der Waals surface area contributed by atoms with Gasteiger partial charge in [-0.2, -0.15) is 0 Å². The van der Waals surface area contributed by atoms with Gasteiger partial charge < -0.3 is 5.32 Å². The van der Waals surface area contributed by atoms with Crippen LogP contribution in [-0.2, 0) is 4.79 Å². The Bertz CT molecular complexity index is 1130. The van der Waals surface area contributed by atoms with E-state index >= 15 is 0 Å². The van der Waals surface area contributed by atoms with Crippen LogP contribution < -0.4 is 5.32 Å². The summed E-state index contributed by atoms with van der Waals surface area (Å²) in [5.41, 5.74) is 3.01. The molecule has 4 rings (SSSR count). The fourth-order valence-electron chi connectivity index (χ4n) is 2.68. The zero-order valence-electron chi connectivity index (χ0n) is 13.8. The molecule has 0 atom stereocenters. The molecule has 0 aliphatic heterocycles. The van der Waals surface area contributed by atoms with E-state index in [4.69, 9.17) is 11.6 Å². The molecule has 130 valence electrons. The maximum Gasteiger partial charge on any atom is 0.234 e. The van der Waals surface area contributed by atoms with Crippen molar-refractivity contribution in [2.75, 3.05) is 11.1 Å². The van der Waals surface area contributed by atoms with Crippen LogP contribution in [0.4, 0.5) is 5.69 Å². The third kappa shape index (κ3) is 3.11. The number of rotatable bonds is 4. The standard InChI is InChI=1S/C18H14ClN5OS/c1-11-22-23-17-18(21-14-8-4-5-9-15(14)24(11)17)26-10-16(25)20-13-7-3-2-6-12(13)19/h2-9H,10H2,1H3,(H,20,25). The smallest absolute Gasteiger partial charge is 0.234 e. The van der Waals surface area contributed by atoms with Crippen LogP contribution in [0.5, 0.6) is 0 Å². The van der Waals surface area contributed by atoms with Crippen molar-refractivity contribution in [3.8, 4) is 0 Å². The van der Waals surface area contributed by atoms with Crippen LogP contribution in [0.15, 0.2) is 53.6 Å². The van der Waals surface area contributed by atoms with E-state index < -0.39 is 0 Å². The Kier molecular flexibility index (Phi) is 4.48. The molecule has 0 fully saturated rings. The zero-order valence-corrected chi connectivity index (χ0v) is 15.4. The van der Waals surface area contributed by atoms with Gasteiger partial charge in [-0.3, -0.25) is 9.20 Å². The topological polar surface area (TPSA) is 72.2 Å². The van der Waals surface area contributed by atoms with Gasteiger partial charge in [0.1, 0.15) is 10.9 Å². The third-order valence-corrected chi connectivity index (χ3v) is 5.13. The van der Waals surface area contributed by atoms with Crippen molar-refractivity contribution >= 4 is 51.6 Å². The first-order chi connectivity index (χ1) is 12.6. The number of nitrogens with zero attached hydrogens (tertiary/aromatic N) is 4. The van der Waals surface area contributed by atoms with Crippen molar-refractivity contribution in [1.29, 1.82) is 0 Å². The van der Waals surface area contributed by atoms with Crippen molar-refractivity contribution in [2.45, 2.75) is 11.9 Å². The second-order valence-corrected chi connectivity index (χ2v) is 7.00. The molecular formula is C18H14ClN5OS. The summed E-state index contributed by atoms with van der Waals surface area (Å²) in [6.45, 7) is 1.89. The van der Waals surface area contributed by atoms with Crippen LogP contribution in [0.3, 0.4) is 0 Å². The van der Waals surface area contributed by atoms with E-state index in [-0.39, 0.29) is 11.7 Å². The lowest BCUT2D eigenvalue weighted by molar-refractivity contribution is -0.113. The molecule has 1 amide bonds. The quantitative estimate of drug-likeness (QED) is 0.540. The molecule has 0 bridgehead atoms. The molecule has 8 heteroatoms. The number of nitrogens with one attached hydrogen (secondary N) is 1. The van der Waals surface area contributed by atoms with E-state index in [0.717, 1.165) is 16.9 Å². The Morgan fingerprint density at radius 1 is 1.15 bits per heavy atom. The van der Waals surface area contributed by atoms with Crippen molar-refractivity contribution in [1.82, 2.24) is 19.6 Å². The minimum absolute atomic E-state index is 0.160. The zero-order chi connectivity index (χ0) is 18.1. The Balaban J connectivity index is 1.61. The highest BCUT2D eigenvalue weighted by Crippen LogP contribution is 2.26. The average molecular weight is 384 g/mol. The van der Waals surface area contributed by atoms with E-state index in [1.54, 1.807) is 12.1 Å². The molecule has 4 aromatic rings. The van der Waals surface area contributed by atoms with Crippen LogP contribution in [0.1, 0.15) is 5.82 Å². The summed E-state index contributed by atoms with van der Waals surface area (Å²) in [6, 6.07) is 14.9. The normalized spacial score (nSPS) is 11.2. The molecule has 0 radical (unpaired) electrons. The number of aryl methyl sites for hydroxylation is 1. The summed E-state index contributed by atoms with van der Waals surface area (Å²) in [4.78, 5) is 16.9. The molecule has 6 nitrogen and oxygen atoms in total. The van der Waals surface area contributed by atoms with Crippen LogP contribution in [-0.4, -0.2) is 31.2 Å². The molecule has 0 aliphatic carbocycles. The SMILES string of the molecule is Cc1nnc2c(SCC(=O)Nc3ccccc3Cl)nc3ccccc3n12. The molecule has 2 heterocycles. The minimum Gasteiger partial charge on any atom is -0.324 e. The van der Waals surface area contributed by atoms with Gasteiger partial charge in [-0.25, -0.2) is 4.98 Å². The molecule has 2 aromatic heterocycles. The van der Waals surface area contributed by atoms with Gasteiger partial charge in [0.15, 0.2) is 5.65 Å². The fraction of sp³-hybridized carbons (Fsp3) is 0.111. The number of benzene rings is 2. The average Bonchev–Trinajstić information content (AvgIpc) is 3.04. The van der Waals surface area contributed by atoms with Gasteiger partial charge >= 0.3 is 0 Å². The highest BCUT2D eigenvalue weighted by atomic mass is 35.5. The largest absolute Gasteiger partial charge is 0.324 e. The van der Waals surface area contributed by atoms with Crippen LogP contribution in [0.25, 0.3) is 16.7 Å². The lowest BCUT2D eigenvalue weighted by Gasteiger charge is -2.08. The van der Waals surface area contributed by atoms with Gasteiger partial charge in [-0.05, 0) is 31.2 Å². The number of para-hydroxylation sites is 3. The molecule has 0 saturated carbocycles. The number of fused-ring (bicyclic) bond motifs is 3. The van der Waals surface area contributed by atoms with E-state index in [1.165, 1.54) is 11.8 Å². The number of carbonyl (C=O) groups excluding carboxylic acids is 1. The van der Waals surface area contributed by atoms with Gasteiger partial charge in [0.2, 0.25) is 5.91 Å². The summed E-state index contributed by atoms with van der Waals surface area (Å²) >= 11 is 7.40. The van der Waals surface area contributed by atoms with Crippen molar-refractivity contribution in [3.05, 3.63) is 59.4 Å². The molecule has 0 spiro atoms. The second-order valence-electron chi connectivity index (χ2n) is 5.63. The number of thioether (sulfide) groups is 1. The summed E-state index contributed by atoms with van der Waals surface area (Å²) in [5.74, 6) is 0.811. The van der Waals surface area contributed by atoms with Crippen LogP contribution in [0, 0.1) is 6.92 Å². The maximum absolute atomic E-state index is 12.3. The number of hydrogen-bond donors (Lipinski definition) is 1. The summed E-state index contributed by atoms with van der Waals surface area (Å²) < 4.78 is 1.95. The van der Waals surface area contributed by atoms with Gasteiger partial charge in [0.25, 0.3) is 0 Å². The van der Waals surface area contributed by atoms with Gasteiger partial charge in [0.05, 0.1) is 27.5 Å². The first-order valence-corrected chi connectivity index (χ1v) is 9.27. The Morgan fingerprint density at radius 3 is 2.77 bits per heavy atom. The molecular weight excluding hydrogens is 370 g/mol. The number of anilines is 1. The number of aromatic nitrogens is 4. The molecule has 0 aliphatic rings. The summed E-state index contributed by atoms with van der Waals surface area (Å²) in [5, 5.41) is 12.4.